The lowest BCUT2D eigenvalue weighted by atomic mass is 10.2. The van der Waals surface area contributed by atoms with Gasteiger partial charge in [0.1, 0.15) is 19.2 Å². The molecule has 0 radical (unpaired) electrons. The first kappa shape index (κ1) is 15.2. The maximum Gasteiger partial charge on any atom is 0.411 e. The molecule has 0 aromatic rings. The summed E-state index contributed by atoms with van der Waals surface area (Å²) >= 11 is 0. The molecule has 1 heterocycles. The zero-order valence-corrected chi connectivity index (χ0v) is 11.0. The molecule has 1 saturated heterocycles. The summed E-state index contributed by atoms with van der Waals surface area (Å²) in [6, 6.07) is -0.811. The van der Waals surface area contributed by atoms with Crippen LogP contribution in [-0.4, -0.2) is 68.9 Å². The van der Waals surface area contributed by atoms with E-state index in [1.165, 1.54) is 7.11 Å². The third-order valence-corrected chi connectivity index (χ3v) is 2.49. The molecule has 0 aliphatic carbocycles. The molecule has 1 rings (SSSR count). The van der Waals surface area contributed by atoms with Gasteiger partial charge in [-0.05, 0) is 6.92 Å². The first-order valence-corrected chi connectivity index (χ1v) is 5.95. The zero-order valence-electron chi connectivity index (χ0n) is 11.0. The largest absolute Gasteiger partial charge is 0.465 e. The standard InChI is InChI=1S/C11H18N2O6/c1-3-18-9(14)6-13-8(7-19-11(13)16)10(15)12-4-5-17-2/h8H,3-7H2,1-2H3,(H,12,15)/t8-/m0/s1. The predicted molar refractivity (Wildman–Crippen MR) is 63.4 cm³/mol. The van der Waals surface area contributed by atoms with Gasteiger partial charge >= 0.3 is 12.1 Å². The molecule has 108 valence electrons. The second-order valence-corrected chi connectivity index (χ2v) is 3.81. The Morgan fingerprint density at radius 2 is 2.26 bits per heavy atom. The first-order valence-electron chi connectivity index (χ1n) is 5.95. The van der Waals surface area contributed by atoms with Crippen LogP contribution in [0.4, 0.5) is 4.79 Å². The van der Waals surface area contributed by atoms with E-state index in [0.29, 0.717) is 13.2 Å². The molecule has 2 amide bonds. The average molecular weight is 274 g/mol. The van der Waals surface area contributed by atoms with Crippen molar-refractivity contribution in [3.05, 3.63) is 0 Å². The predicted octanol–water partition coefficient (Wildman–Crippen LogP) is -0.867. The molecule has 1 N–H and O–H groups in total. The Labute approximate surface area is 111 Å². The molecular weight excluding hydrogens is 256 g/mol. The van der Waals surface area contributed by atoms with Crippen molar-refractivity contribution in [3.63, 3.8) is 0 Å². The molecular formula is C11H18N2O6. The number of amides is 2. The number of nitrogens with zero attached hydrogens (tertiary/aromatic N) is 1. The van der Waals surface area contributed by atoms with Gasteiger partial charge in [-0.15, -0.1) is 0 Å². The maximum absolute atomic E-state index is 11.8. The van der Waals surface area contributed by atoms with Crippen molar-refractivity contribution < 1.29 is 28.6 Å². The minimum atomic E-state index is -0.811. The summed E-state index contributed by atoms with van der Waals surface area (Å²) in [5, 5.41) is 2.59. The summed E-state index contributed by atoms with van der Waals surface area (Å²) in [6.07, 6.45) is -0.694. The van der Waals surface area contributed by atoms with Crippen LogP contribution in [0, 0.1) is 0 Å². The van der Waals surface area contributed by atoms with E-state index in [4.69, 9.17) is 14.2 Å². The van der Waals surface area contributed by atoms with Gasteiger partial charge in [0.05, 0.1) is 13.2 Å². The number of cyclic esters (lactones) is 1. The highest BCUT2D eigenvalue weighted by atomic mass is 16.6. The number of carbonyl (C=O) groups is 3. The first-order chi connectivity index (χ1) is 9.10. The number of rotatable bonds is 7. The van der Waals surface area contributed by atoms with Crippen molar-refractivity contribution in [3.8, 4) is 0 Å². The number of hydrogen-bond donors (Lipinski definition) is 1. The van der Waals surface area contributed by atoms with E-state index in [1.807, 2.05) is 0 Å². The number of carbonyl (C=O) groups excluding carboxylic acids is 3. The summed E-state index contributed by atoms with van der Waals surface area (Å²) in [5.41, 5.74) is 0. The highest BCUT2D eigenvalue weighted by Gasteiger charge is 2.39. The molecule has 0 aromatic heterocycles. The molecule has 0 spiro atoms. The van der Waals surface area contributed by atoms with Crippen molar-refractivity contribution >= 4 is 18.0 Å². The molecule has 0 unspecified atom stereocenters. The maximum atomic E-state index is 11.8. The van der Waals surface area contributed by atoms with E-state index in [9.17, 15) is 14.4 Å². The summed E-state index contributed by atoms with van der Waals surface area (Å²) < 4.78 is 14.3. The third kappa shape index (κ3) is 4.40. The van der Waals surface area contributed by atoms with Crippen LogP contribution in [0.25, 0.3) is 0 Å². The van der Waals surface area contributed by atoms with Crippen LogP contribution in [0.5, 0.6) is 0 Å². The van der Waals surface area contributed by atoms with Gasteiger partial charge in [0.15, 0.2) is 0 Å². The number of nitrogens with one attached hydrogen (secondary N) is 1. The van der Waals surface area contributed by atoms with Crippen LogP contribution in [-0.2, 0) is 23.8 Å². The molecule has 8 nitrogen and oxygen atoms in total. The second-order valence-electron chi connectivity index (χ2n) is 3.81. The Hall–Kier alpha value is -1.83. The van der Waals surface area contributed by atoms with E-state index in [0.717, 1.165) is 4.90 Å². The van der Waals surface area contributed by atoms with Crippen LogP contribution in [0.2, 0.25) is 0 Å². The minimum Gasteiger partial charge on any atom is -0.465 e. The minimum absolute atomic E-state index is 0.0724. The fraction of sp³-hybridized carbons (Fsp3) is 0.727. The summed E-state index contributed by atoms with van der Waals surface area (Å²) in [4.78, 5) is 35.7. The SMILES string of the molecule is CCOC(=O)CN1C(=O)OC[C@H]1C(=O)NCCOC. The van der Waals surface area contributed by atoms with Gasteiger partial charge in [-0.3, -0.25) is 14.5 Å². The van der Waals surface area contributed by atoms with Crippen LogP contribution in [0.3, 0.4) is 0 Å². The second kappa shape index (κ2) is 7.57. The Bertz CT molecular complexity index is 346. The topological polar surface area (TPSA) is 94.2 Å². The fourth-order valence-electron chi connectivity index (χ4n) is 1.58. The highest BCUT2D eigenvalue weighted by Crippen LogP contribution is 2.12. The van der Waals surface area contributed by atoms with Gasteiger partial charge in [-0.1, -0.05) is 0 Å². The van der Waals surface area contributed by atoms with Crippen LogP contribution >= 0.6 is 0 Å². The Morgan fingerprint density at radius 3 is 2.89 bits per heavy atom. The zero-order chi connectivity index (χ0) is 14.3. The summed E-state index contributed by atoms with van der Waals surface area (Å²) in [7, 11) is 1.52. The van der Waals surface area contributed by atoms with Crippen LogP contribution in [0.15, 0.2) is 0 Å². The lowest BCUT2D eigenvalue weighted by molar-refractivity contribution is -0.144. The number of ether oxygens (including phenoxy) is 3. The van der Waals surface area contributed by atoms with Crippen LogP contribution in [0.1, 0.15) is 6.92 Å². The fourth-order valence-corrected chi connectivity index (χ4v) is 1.58. The number of methoxy groups -OCH3 is 1. The van der Waals surface area contributed by atoms with Gasteiger partial charge < -0.3 is 19.5 Å². The summed E-state index contributed by atoms with van der Waals surface area (Å²) in [5.74, 6) is -0.955. The van der Waals surface area contributed by atoms with Crippen LogP contribution < -0.4 is 5.32 Å². The van der Waals surface area contributed by atoms with Gasteiger partial charge in [0.25, 0.3) is 0 Å². The molecule has 1 atom stereocenters. The molecule has 0 aromatic carbocycles. The third-order valence-electron chi connectivity index (χ3n) is 2.49. The van der Waals surface area contributed by atoms with Crippen molar-refractivity contribution in [1.82, 2.24) is 10.2 Å². The monoisotopic (exact) mass is 274 g/mol. The number of esters is 1. The van der Waals surface area contributed by atoms with E-state index in [1.54, 1.807) is 6.92 Å². The van der Waals surface area contributed by atoms with Crippen molar-refractivity contribution in [2.75, 3.05) is 40.0 Å². The lowest BCUT2D eigenvalue weighted by Crippen LogP contribution is -2.48. The number of hydrogen-bond acceptors (Lipinski definition) is 6. The molecule has 1 fully saturated rings. The quantitative estimate of drug-likeness (QED) is 0.479. The molecule has 8 heteroatoms. The van der Waals surface area contributed by atoms with E-state index in [-0.39, 0.29) is 25.7 Å². The van der Waals surface area contributed by atoms with Gasteiger partial charge in [0.2, 0.25) is 5.91 Å². The van der Waals surface area contributed by atoms with Gasteiger partial charge in [-0.25, -0.2) is 4.79 Å². The van der Waals surface area contributed by atoms with E-state index < -0.39 is 18.1 Å². The van der Waals surface area contributed by atoms with Crippen molar-refractivity contribution in [1.29, 1.82) is 0 Å². The lowest BCUT2D eigenvalue weighted by Gasteiger charge is -2.19. The molecule has 1 aliphatic rings. The normalized spacial score (nSPS) is 18.1. The Balaban J connectivity index is 2.53. The molecule has 1 aliphatic heterocycles. The van der Waals surface area contributed by atoms with E-state index in [2.05, 4.69) is 5.32 Å². The molecule has 0 saturated carbocycles. The smallest absolute Gasteiger partial charge is 0.411 e. The van der Waals surface area contributed by atoms with Crippen molar-refractivity contribution in [2.45, 2.75) is 13.0 Å². The van der Waals surface area contributed by atoms with E-state index >= 15 is 0 Å². The molecule has 19 heavy (non-hydrogen) atoms. The average Bonchev–Trinajstić information content (AvgIpc) is 2.72. The summed E-state index contributed by atoms with van der Waals surface area (Å²) in [6.45, 7) is 2.20. The Kier molecular flexibility index (Phi) is 6.07. The van der Waals surface area contributed by atoms with Gasteiger partial charge in [0, 0.05) is 13.7 Å². The Morgan fingerprint density at radius 1 is 1.53 bits per heavy atom. The van der Waals surface area contributed by atoms with Crippen molar-refractivity contribution in [2.24, 2.45) is 0 Å². The highest BCUT2D eigenvalue weighted by molar-refractivity contribution is 5.90. The molecule has 0 bridgehead atoms. The van der Waals surface area contributed by atoms with Gasteiger partial charge in [-0.2, -0.15) is 0 Å².